The van der Waals surface area contributed by atoms with Crippen LogP contribution in [0.25, 0.3) is 5.57 Å². The summed E-state index contributed by atoms with van der Waals surface area (Å²) in [6.07, 6.45) is 0. The molecule has 4 heteroatoms. The third-order valence-electron chi connectivity index (χ3n) is 4.32. The Bertz CT molecular complexity index is 909. The zero-order valence-electron chi connectivity index (χ0n) is 14.2. The number of carbonyl (C=O) groups is 2. The molecule has 0 unspecified atom stereocenters. The molecule has 3 rings (SSSR count). The Morgan fingerprint density at radius 2 is 1.42 bits per heavy atom. The lowest BCUT2D eigenvalue weighted by molar-refractivity contribution is -0.121. The van der Waals surface area contributed by atoms with Crippen LogP contribution in [0.15, 0.2) is 42.2 Å². The SMILES string of the molecule is Cc1ccc(C2=C(O)C(=O)N(c3cc(C)ccc3C)C2=O)c(C)c1. The van der Waals surface area contributed by atoms with Crippen molar-refractivity contribution in [3.63, 3.8) is 0 Å². The highest BCUT2D eigenvalue weighted by Gasteiger charge is 2.41. The van der Waals surface area contributed by atoms with Gasteiger partial charge in [-0.05, 0) is 56.0 Å². The molecule has 2 amide bonds. The van der Waals surface area contributed by atoms with Crippen molar-refractivity contribution in [2.45, 2.75) is 27.7 Å². The van der Waals surface area contributed by atoms with Gasteiger partial charge in [-0.1, -0.05) is 35.9 Å². The number of nitrogens with zero attached hydrogens (tertiary/aromatic N) is 1. The molecule has 0 spiro atoms. The van der Waals surface area contributed by atoms with Crippen LogP contribution in [0.1, 0.15) is 27.8 Å². The number of hydrogen-bond acceptors (Lipinski definition) is 3. The normalized spacial score (nSPS) is 14.8. The summed E-state index contributed by atoms with van der Waals surface area (Å²) in [5.74, 6) is -1.66. The molecule has 122 valence electrons. The number of aryl methyl sites for hydroxylation is 4. The van der Waals surface area contributed by atoms with Crippen molar-refractivity contribution in [1.29, 1.82) is 0 Å². The lowest BCUT2D eigenvalue weighted by Gasteiger charge is -2.18. The Morgan fingerprint density at radius 1 is 0.792 bits per heavy atom. The minimum Gasteiger partial charge on any atom is -0.502 e. The fraction of sp³-hybridized carbons (Fsp3) is 0.200. The lowest BCUT2D eigenvalue weighted by atomic mass is 9.98. The van der Waals surface area contributed by atoms with E-state index in [0.29, 0.717) is 11.3 Å². The molecule has 4 nitrogen and oxygen atoms in total. The molecule has 0 atom stereocenters. The van der Waals surface area contributed by atoms with E-state index in [1.165, 1.54) is 0 Å². The topological polar surface area (TPSA) is 57.6 Å². The fourth-order valence-electron chi connectivity index (χ4n) is 3.03. The van der Waals surface area contributed by atoms with Crippen molar-refractivity contribution in [3.05, 3.63) is 70.0 Å². The molecule has 2 aromatic carbocycles. The van der Waals surface area contributed by atoms with E-state index in [0.717, 1.165) is 27.2 Å². The van der Waals surface area contributed by atoms with Crippen LogP contribution < -0.4 is 4.90 Å². The van der Waals surface area contributed by atoms with Crippen molar-refractivity contribution in [1.82, 2.24) is 0 Å². The maximum absolute atomic E-state index is 12.9. The minimum atomic E-state index is -0.677. The van der Waals surface area contributed by atoms with Gasteiger partial charge in [0.2, 0.25) is 0 Å². The number of anilines is 1. The molecule has 2 aromatic rings. The predicted octanol–water partition coefficient (Wildman–Crippen LogP) is 3.76. The molecule has 0 bridgehead atoms. The van der Waals surface area contributed by atoms with Gasteiger partial charge in [-0.15, -0.1) is 0 Å². The van der Waals surface area contributed by atoms with Crippen molar-refractivity contribution in [2.24, 2.45) is 0 Å². The van der Waals surface area contributed by atoms with E-state index in [-0.39, 0.29) is 5.57 Å². The van der Waals surface area contributed by atoms with Gasteiger partial charge >= 0.3 is 5.91 Å². The van der Waals surface area contributed by atoms with Crippen LogP contribution in [0.4, 0.5) is 5.69 Å². The molecular formula is C20H19NO3. The van der Waals surface area contributed by atoms with Gasteiger partial charge in [0.1, 0.15) is 0 Å². The van der Waals surface area contributed by atoms with E-state index < -0.39 is 17.6 Å². The molecule has 1 aliphatic rings. The van der Waals surface area contributed by atoms with E-state index in [2.05, 4.69) is 0 Å². The maximum Gasteiger partial charge on any atom is 0.301 e. The molecule has 24 heavy (non-hydrogen) atoms. The van der Waals surface area contributed by atoms with Gasteiger partial charge < -0.3 is 5.11 Å². The van der Waals surface area contributed by atoms with Crippen LogP contribution in [0.2, 0.25) is 0 Å². The molecule has 0 radical (unpaired) electrons. The van der Waals surface area contributed by atoms with Crippen LogP contribution in [0.5, 0.6) is 0 Å². The smallest absolute Gasteiger partial charge is 0.301 e. The molecule has 0 aliphatic carbocycles. The Balaban J connectivity index is 2.13. The van der Waals surface area contributed by atoms with Gasteiger partial charge in [0, 0.05) is 0 Å². The number of benzene rings is 2. The number of hydrogen-bond donors (Lipinski definition) is 1. The number of carbonyl (C=O) groups excluding carboxylic acids is 2. The fourth-order valence-corrected chi connectivity index (χ4v) is 3.03. The highest BCUT2D eigenvalue weighted by molar-refractivity contribution is 6.45. The first-order valence-electron chi connectivity index (χ1n) is 7.78. The average Bonchev–Trinajstić information content (AvgIpc) is 2.73. The summed E-state index contributed by atoms with van der Waals surface area (Å²) in [6.45, 7) is 7.55. The quantitative estimate of drug-likeness (QED) is 0.857. The Hall–Kier alpha value is -2.88. The summed E-state index contributed by atoms with van der Waals surface area (Å²) in [7, 11) is 0. The highest BCUT2D eigenvalue weighted by atomic mass is 16.3. The number of aliphatic hydroxyl groups is 1. The molecule has 0 aromatic heterocycles. The Morgan fingerprint density at radius 3 is 2.08 bits per heavy atom. The molecule has 0 saturated heterocycles. The summed E-state index contributed by atoms with van der Waals surface area (Å²) < 4.78 is 0. The monoisotopic (exact) mass is 321 g/mol. The summed E-state index contributed by atoms with van der Waals surface area (Å²) in [4.78, 5) is 26.5. The molecule has 1 N–H and O–H groups in total. The van der Waals surface area contributed by atoms with Gasteiger partial charge in [-0.25, -0.2) is 4.90 Å². The summed E-state index contributed by atoms with van der Waals surface area (Å²) in [6, 6.07) is 11.1. The van der Waals surface area contributed by atoms with E-state index >= 15 is 0 Å². The number of amides is 2. The number of rotatable bonds is 2. The zero-order chi connectivity index (χ0) is 17.6. The maximum atomic E-state index is 12.9. The summed E-state index contributed by atoms with van der Waals surface area (Å²) >= 11 is 0. The zero-order valence-corrected chi connectivity index (χ0v) is 14.2. The van der Waals surface area contributed by atoms with Crippen LogP contribution in [-0.2, 0) is 9.59 Å². The Labute approximate surface area is 141 Å². The first-order valence-corrected chi connectivity index (χ1v) is 7.78. The first kappa shape index (κ1) is 16.0. The number of imide groups is 1. The van der Waals surface area contributed by atoms with E-state index in [1.807, 2.05) is 52.0 Å². The van der Waals surface area contributed by atoms with Gasteiger partial charge in [-0.2, -0.15) is 0 Å². The molecule has 1 heterocycles. The van der Waals surface area contributed by atoms with Crippen LogP contribution in [0, 0.1) is 27.7 Å². The van der Waals surface area contributed by atoms with E-state index in [4.69, 9.17) is 0 Å². The second-order valence-corrected chi connectivity index (χ2v) is 6.28. The second-order valence-electron chi connectivity index (χ2n) is 6.28. The largest absolute Gasteiger partial charge is 0.502 e. The van der Waals surface area contributed by atoms with Crippen LogP contribution in [0.3, 0.4) is 0 Å². The molecule has 1 aliphatic heterocycles. The summed E-state index contributed by atoms with van der Waals surface area (Å²) in [5, 5.41) is 10.3. The molecular weight excluding hydrogens is 302 g/mol. The highest BCUT2D eigenvalue weighted by Crippen LogP contribution is 2.35. The van der Waals surface area contributed by atoms with E-state index in [9.17, 15) is 14.7 Å². The van der Waals surface area contributed by atoms with Gasteiger partial charge in [-0.3, -0.25) is 9.59 Å². The first-order chi connectivity index (χ1) is 11.3. The molecule has 0 fully saturated rings. The van der Waals surface area contributed by atoms with Crippen LogP contribution >= 0.6 is 0 Å². The lowest BCUT2D eigenvalue weighted by Crippen LogP contribution is -2.32. The van der Waals surface area contributed by atoms with Crippen molar-refractivity contribution in [3.8, 4) is 0 Å². The minimum absolute atomic E-state index is 0.0680. The summed E-state index contributed by atoms with van der Waals surface area (Å²) in [5.41, 5.74) is 4.81. The Kier molecular flexibility index (Phi) is 3.76. The van der Waals surface area contributed by atoms with Gasteiger partial charge in [0.15, 0.2) is 5.76 Å². The van der Waals surface area contributed by atoms with Gasteiger partial charge in [0.05, 0.1) is 11.3 Å². The van der Waals surface area contributed by atoms with Crippen molar-refractivity contribution < 1.29 is 14.7 Å². The van der Waals surface area contributed by atoms with Crippen molar-refractivity contribution in [2.75, 3.05) is 4.90 Å². The third-order valence-corrected chi connectivity index (χ3v) is 4.32. The molecule has 0 saturated carbocycles. The standard InChI is InChI=1S/C20H19NO3/c1-11-6-8-15(14(4)9-11)17-18(22)20(24)21(19(17)23)16-10-12(2)5-7-13(16)3/h5-10,22H,1-4H3. The predicted molar refractivity (Wildman–Crippen MR) is 93.9 cm³/mol. The van der Waals surface area contributed by atoms with Gasteiger partial charge in [0.25, 0.3) is 5.91 Å². The second kappa shape index (κ2) is 5.64. The van der Waals surface area contributed by atoms with Crippen molar-refractivity contribution >= 4 is 23.1 Å². The van der Waals surface area contributed by atoms with Crippen LogP contribution in [-0.4, -0.2) is 16.9 Å². The third kappa shape index (κ3) is 2.40. The average molecular weight is 321 g/mol. The number of aliphatic hydroxyl groups excluding tert-OH is 1. The van der Waals surface area contributed by atoms with E-state index in [1.54, 1.807) is 12.1 Å².